The van der Waals surface area contributed by atoms with Gasteiger partial charge in [0.15, 0.2) is 0 Å². The molecule has 0 fully saturated rings. The van der Waals surface area contributed by atoms with Crippen molar-refractivity contribution in [2.45, 2.75) is 45.6 Å². The molecule has 2 heteroatoms. The summed E-state index contributed by atoms with van der Waals surface area (Å²) < 4.78 is 0. The molecule has 1 atom stereocenters. The van der Waals surface area contributed by atoms with Crippen molar-refractivity contribution in [1.29, 1.82) is 0 Å². The summed E-state index contributed by atoms with van der Waals surface area (Å²) in [6.45, 7) is 10.2. The fourth-order valence-corrected chi connectivity index (χ4v) is 2.48. The molecule has 0 saturated heterocycles. The molecular weight excluding hydrogens is 208 g/mol. The first-order chi connectivity index (χ1) is 7.91. The highest BCUT2D eigenvalue weighted by Crippen LogP contribution is 2.38. The number of para-hydroxylation sites is 1. The quantitative estimate of drug-likeness (QED) is 0.735. The van der Waals surface area contributed by atoms with Crippen LogP contribution < -0.4 is 10.2 Å². The average molecular weight is 232 g/mol. The number of hydrogen-bond donors (Lipinski definition) is 1. The van der Waals surface area contributed by atoms with Gasteiger partial charge < -0.3 is 10.2 Å². The largest absolute Gasteiger partial charge is 0.383 e. The SMILES string of the molecule is CC1CCNc2c(cccc2C(C)(C)C)N1C. The van der Waals surface area contributed by atoms with Crippen LogP contribution in [0.5, 0.6) is 0 Å². The molecule has 0 bridgehead atoms. The number of fused-ring (bicyclic) bond motifs is 1. The smallest absolute Gasteiger partial charge is 0.0616 e. The van der Waals surface area contributed by atoms with Crippen LogP contribution in [0.25, 0.3) is 0 Å². The molecule has 1 heterocycles. The predicted octanol–water partition coefficient (Wildman–Crippen LogP) is 3.62. The Hall–Kier alpha value is -1.18. The fourth-order valence-electron chi connectivity index (χ4n) is 2.48. The van der Waals surface area contributed by atoms with Gasteiger partial charge >= 0.3 is 0 Å². The molecule has 0 saturated carbocycles. The van der Waals surface area contributed by atoms with Crippen molar-refractivity contribution in [2.24, 2.45) is 0 Å². The monoisotopic (exact) mass is 232 g/mol. The molecule has 2 rings (SSSR count). The van der Waals surface area contributed by atoms with Gasteiger partial charge in [0.2, 0.25) is 0 Å². The molecule has 0 amide bonds. The number of nitrogens with zero attached hydrogens (tertiary/aromatic N) is 1. The molecule has 1 aromatic rings. The summed E-state index contributed by atoms with van der Waals surface area (Å²) in [5, 5.41) is 3.62. The van der Waals surface area contributed by atoms with Crippen LogP contribution in [0.15, 0.2) is 18.2 Å². The molecule has 1 aliphatic heterocycles. The summed E-state index contributed by atoms with van der Waals surface area (Å²) in [4.78, 5) is 2.39. The second kappa shape index (κ2) is 4.25. The minimum absolute atomic E-state index is 0.187. The summed E-state index contributed by atoms with van der Waals surface area (Å²) >= 11 is 0. The summed E-state index contributed by atoms with van der Waals surface area (Å²) in [7, 11) is 2.20. The van der Waals surface area contributed by atoms with Gasteiger partial charge in [0.1, 0.15) is 0 Å². The van der Waals surface area contributed by atoms with E-state index in [0.717, 1.165) is 6.54 Å². The third-order valence-corrected chi connectivity index (χ3v) is 3.76. The highest BCUT2D eigenvalue weighted by Gasteiger charge is 2.24. The van der Waals surface area contributed by atoms with Crippen LogP contribution in [-0.4, -0.2) is 19.6 Å². The van der Waals surface area contributed by atoms with E-state index >= 15 is 0 Å². The minimum atomic E-state index is 0.187. The van der Waals surface area contributed by atoms with Crippen LogP contribution in [0, 0.1) is 0 Å². The van der Waals surface area contributed by atoms with Crippen LogP contribution >= 0.6 is 0 Å². The van der Waals surface area contributed by atoms with Gasteiger partial charge in [-0.3, -0.25) is 0 Å². The molecule has 0 aromatic heterocycles. The highest BCUT2D eigenvalue weighted by atomic mass is 15.2. The van der Waals surface area contributed by atoms with Crippen LogP contribution in [0.3, 0.4) is 0 Å². The van der Waals surface area contributed by atoms with Crippen molar-refractivity contribution in [3.63, 3.8) is 0 Å². The summed E-state index contributed by atoms with van der Waals surface area (Å²) in [5.41, 5.74) is 4.26. The maximum atomic E-state index is 3.62. The van der Waals surface area contributed by atoms with Crippen molar-refractivity contribution in [2.75, 3.05) is 23.8 Å². The Bertz CT molecular complexity index is 404. The van der Waals surface area contributed by atoms with Crippen molar-refractivity contribution in [1.82, 2.24) is 0 Å². The number of benzene rings is 1. The molecule has 1 unspecified atom stereocenters. The van der Waals surface area contributed by atoms with E-state index in [-0.39, 0.29) is 5.41 Å². The molecule has 1 aliphatic rings. The Morgan fingerprint density at radius 1 is 1.29 bits per heavy atom. The van der Waals surface area contributed by atoms with Gasteiger partial charge in [-0.05, 0) is 30.4 Å². The average Bonchev–Trinajstić information content (AvgIpc) is 2.39. The summed E-state index contributed by atoms with van der Waals surface area (Å²) in [5.74, 6) is 0. The third kappa shape index (κ3) is 2.26. The first kappa shape index (κ1) is 12.3. The van der Waals surface area contributed by atoms with Gasteiger partial charge in [-0.2, -0.15) is 0 Å². The van der Waals surface area contributed by atoms with E-state index < -0.39 is 0 Å². The molecule has 0 radical (unpaired) electrons. The standard InChI is InChI=1S/C15H24N2/c1-11-9-10-16-14-12(15(2,3)4)7-6-8-13(14)17(11)5/h6-8,11,16H,9-10H2,1-5H3. The third-order valence-electron chi connectivity index (χ3n) is 3.76. The van der Waals surface area contributed by atoms with Gasteiger partial charge in [0.25, 0.3) is 0 Å². The summed E-state index contributed by atoms with van der Waals surface area (Å²) in [6, 6.07) is 7.24. The topological polar surface area (TPSA) is 15.3 Å². The first-order valence-corrected chi connectivity index (χ1v) is 6.51. The van der Waals surface area contributed by atoms with Crippen molar-refractivity contribution in [3.8, 4) is 0 Å². The second-order valence-corrected chi connectivity index (χ2v) is 6.13. The summed E-state index contributed by atoms with van der Waals surface area (Å²) in [6.07, 6.45) is 1.19. The normalized spacial score (nSPS) is 20.5. The number of nitrogens with one attached hydrogen (secondary N) is 1. The molecule has 0 aliphatic carbocycles. The van der Waals surface area contributed by atoms with Crippen LogP contribution in [0.1, 0.15) is 39.7 Å². The van der Waals surface area contributed by atoms with E-state index in [0.29, 0.717) is 6.04 Å². The van der Waals surface area contributed by atoms with Crippen LogP contribution in [0.4, 0.5) is 11.4 Å². The van der Waals surface area contributed by atoms with Crippen molar-refractivity contribution < 1.29 is 0 Å². The van der Waals surface area contributed by atoms with E-state index in [1.807, 2.05) is 0 Å². The van der Waals surface area contributed by atoms with E-state index in [9.17, 15) is 0 Å². The maximum Gasteiger partial charge on any atom is 0.0616 e. The van der Waals surface area contributed by atoms with Crippen molar-refractivity contribution >= 4 is 11.4 Å². The lowest BCUT2D eigenvalue weighted by atomic mass is 9.85. The number of rotatable bonds is 0. The van der Waals surface area contributed by atoms with Gasteiger partial charge in [-0.25, -0.2) is 0 Å². The van der Waals surface area contributed by atoms with Gasteiger partial charge in [-0.15, -0.1) is 0 Å². The Labute approximate surface area is 105 Å². The molecule has 1 aromatic carbocycles. The Balaban J connectivity index is 2.54. The van der Waals surface area contributed by atoms with Gasteiger partial charge in [0.05, 0.1) is 11.4 Å². The van der Waals surface area contributed by atoms with Gasteiger partial charge in [0, 0.05) is 19.6 Å². The fraction of sp³-hybridized carbons (Fsp3) is 0.600. The zero-order valence-corrected chi connectivity index (χ0v) is 11.7. The molecule has 2 nitrogen and oxygen atoms in total. The number of anilines is 2. The predicted molar refractivity (Wildman–Crippen MR) is 76.1 cm³/mol. The molecule has 0 spiro atoms. The second-order valence-electron chi connectivity index (χ2n) is 6.13. The van der Waals surface area contributed by atoms with Crippen LogP contribution in [-0.2, 0) is 5.41 Å². The lowest BCUT2D eigenvalue weighted by Crippen LogP contribution is -2.28. The van der Waals surface area contributed by atoms with E-state index in [1.165, 1.54) is 23.4 Å². The maximum absolute atomic E-state index is 3.62. The Kier molecular flexibility index (Phi) is 3.07. The van der Waals surface area contributed by atoms with E-state index in [2.05, 4.69) is 63.2 Å². The Morgan fingerprint density at radius 3 is 2.65 bits per heavy atom. The van der Waals surface area contributed by atoms with E-state index in [4.69, 9.17) is 0 Å². The molecule has 94 valence electrons. The van der Waals surface area contributed by atoms with E-state index in [1.54, 1.807) is 0 Å². The molecule has 17 heavy (non-hydrogen) atoms. The zero-order valence-electron chi connectivity index (χ0n) is 11.7. The molecule has 1 N–H and O–H groups in total. The van der Waals surface area contributed by atoms with Crippen LogP contribution in [0.2, 0.25) is 0 Å². The minimum Gasteiger partial charge on any atom is -0.383 e. The lowest BCUT2D eigenvalue weighted by Gasteiger charge is -2.29. The number of hydrogen-bond acceptors (Lipinski definition) is 2. The molecular formula is C15H24N2. The Morgan fingerprint density at radius 2 is 2.00 bits per heavy atom. The highest BCUT2D eigenvalue weighted by molar-refractivity contribution is 5.75. The van der Waals surface area contributed by atoms with Crippen molar-refractivity contribution in [3.05, 3.63) is 23.8 Å². The van der Waals surface area contributed by atoms with Gasteiger partial charge in [-0.1, -0.05) is 32.9 Å². The first-order valence-electron chi connectivity index (χ1n) is 6.51. The lowest BCUT2D eigenvalue weighted by molar-refractivity contribution is 0.592. The zero-order chi connectivity index (χ0) is 12.6.